The van der Waals surface area contributed by atoms with Crippen molar-refractivity contribution in [1.82, 2.24) is 15.0 Å². The van der Waals surface area contributed by atoms with Gasteiger partial charge in [0.05, 0.1) is 12.7 Å². The minimum absolute atomic E-state index is 0.365. The van der Waals surface area contributed by atoms with Crippen molar-refractivity contribution in [3.05, 3.63) is 72.3 Å². The van der Waals surface area contributed by atoms with E-state index in [-0.39, 0.29) is 5.97 Å². The molecule has 1 aromatic carbocycles. The van der Waals surface area contributed by atoms with E-state index in [1.807, 2.05) is 18.2 Å². The summed E-state index contributed by atoms with van der Waals surface area (Å²) in [5.74, 6) is 0.984. The molecule has 0 fully saturated rings. The number of nitrogens with one attached hydrogen (secondary N) is 2. The van der Waals surface area contributed by atoms with Crippen molar-refractivity contribution in [2.75, 3.05) is 17.7 Å². The van der Waals surface area contributed by atoms with Crippen molar-refractivity contribution in [1.29, 1.82) is 0 Å². The molecule has 0 saturated carbocycles. The predicted octanol–water partition coefficient (Wildman–Crippen LogP) is 3.01. The predicted molar refractivity (Wildman–Crippen MR) is 94.7 cm³/mol. The highest BCUT2D eigenvalue weighted by Gasteiger charge is 2.05. The lowest BCUT2D eigenvalue weighted by Gasteiger charge is -2.09. The summed E-state index contributed by atoms with van der Waals surface area (Å²) in [5.41, 5.74) is 2.37. The fraction of sp³-hybridized carbons (Fsp3) is 0.111. The summed E-state index contributed by atoms with van der Waals surface area (Å²) in [6.07, 6.45) is 5.02. The van der Waals surface area contributed by atoms with E-state index >= 15 is 0 Å². The number of methoxy groups -OCH3 is 1. The third-order valence-corrected chi connectivity index (χ3v) is 3.44. The summed E-state index contributed by atoms with van der Waals surface area (Å²) in [4.78, 5) is 23.9. The molecule has 0 spiro atoms. The SMILES string of the molecule is COC(=O)c1ccc(Nc2cc(NCc3cccnc3)ncn2)cc1. The maximum atomic E-state index is 11.4. The summed E-state index contributed by atoms with van der Waals surface area (Å²) in [6.45, 7) is 0.623. The Morgan fingerprint density at radius 1 is 1.12 bits per heavy atom. The highest BCUT2D eigenvalue weighted by molar-refractivity contribution is 5.89. The van der Waals surface area contributed by atoms with E-state index in [1.165, 1.54) is 13.4 Å². The minimum Gasteiger partial charge on any atom is -0.465 e. The number of aromatic nitrogens is 3. The van der Waals surface area contributed by atoms with Crippen LogP contribution in [-0.2, 0) is 11.3 Å². The zero-order valence-electron chi connectivity index (χ0n) is 13.6. The number of nitrogens with zero attached hydrogens (tertiary/aromatic N) is 3. The first-order valence-electron chi connectivity index (χ1n) is 7.65. The van der Waals surface area contributed by atoms with Gasteiger partial charge in [-0.25, -0.2) is 14.8 Å². The van der Waals surface area contributed by atoms with Crippen molar-refractivity contribution in [2.45, 2.75) is 6.54 Å². The third-order valence-electron chi connectivity index (χ3n) is 3.44. The largest absolute Gasteiger partial charge is 0.465 e. The van der Waals surface area contributed by atoms with Gasteiger partial charge in [-0.1, -0.05) is 6.07 Å². The van der Waals surface area contributed by atoms with Gasteiger partial charge in [-0.15, -0.1) is 0 Å². The molecule has 0 amide bonds. The molecule has 0 bridgehead atoms. The Kier molecular flexibility index (Phi) is 5.16. The molecule has 2 aromatic heterocycles. The van der Waals surface area contributed by atoms with Crippen molar-refractivity contribution in [2.24, 2.45) is 0 Å². The molecule has 2 heterocycles. The van der Waals surface area contributed by atoms with Gasteiger partial charge in [0.15, 0.2) is 0 Å². The number of carbonyl (C=O) groups excluding carboxylic acids is 1. The molecule has 126 valence electrons. The number of carbonyl (C=O) groups is 1. The number of anilines is 3. The topological polar surface area (TPSA) is 89.0 Å². The molecular weight excluding hydrogens is 318 g/mol. The highest BCUT2D eigenvalue weighted by Crippen LogP contribution is 2.17. The van der Waals surface area contributed by atoms with Gasteiger partial charge in [0, 0.05) is 30.7 Å². The summed E-state index contributed by atoms with van der Waals surface area (Å²) in [7, 11) is 1.36. The second-order valence-corrected chi connectivity index (χ2v) is 5.20. The molecule has 0 unspecified atom stereocenters. The first-order chi connectivity index (χ1) is 12.2. The standard InChI is InChI=1S/C18H17N5O2/c1-25-18(24)14-4-6-15(7-5-14)23-17-9-16(21-12-22-17)20-11-13-3-2-8-19-10-13/h2-10,12H,11H2,1H3,(H2,20,21,22,23). The molecular formula is C18H17N5O2. The maximum Gasteiger partial charge on any atom is 0.337 e. The van der Waals surface area contributed by atoms with Gasteiger partial charge in [-0.3, -0.25) is 4.98 Å². The number of hydrogen-bond donors (Lipinski definition) is 2. The lowest BCUT2D eigenvalue weighted by atomic mass is 10.2. The van der Waals surface area contributed by atoms with Crippen LogP contribution in [0, 0.1) is 0 Å². The van der Waals surface area contributed by atoms with E-state index in [0.717, 1.165) is 11.3 Å². The van der Waals surface area contributed by atoms with Crippen LogP contribution in [0.1, 0.15) is 15.9 Å². The molecule has 3 aromatic rings. The Morgan fingerprint density at radius 2 is 1.92 bits per heavy atom. The molecule has 0 atom stereocenters. The average Bonchev–Trinajstić information content (AvgIpc) is 2.67. The summed E-state index contributed by atoms with van der Waals surface area (Å²) in [5, 5.41) is 6.40. The maximum absolute atomic E-state index is 11.4. The van der Waals surface area contributed by atoms with Crippen molar-refractivity contribution in [3.63, 3.8) is 0 Å². The van der Waals surface area contributed by atoms with Crippen LogP contribution >= 0.6 is 0 Å². The van der Waals surface area contributed by atoms with Gasteiger partial charge in [0.25, 0.3) is 0 Å². The van der Waals surface area contributed by atoms with E-state index in [1.54, 1.807) is 36.7 Å². The van der Waals surface area contributed by atoms with Crippen LogP contribution in [0.3, 0.4) is 0 Å². The van der Waals surface area contributed by atoms with E-state index < -0.39 is 0 Å². The average molecular weight is 335 g/mol. The zero-order valence-corrected chi connectivity index (χ0v) is 13.6. The Morgan fingerprint density at radius 3 is 2.64 bits per heavy atom. The monoisotopic (exact) mass is 335 g/mol. The molecule has 0 aliphatic heterocycles. The molecule has 2 N–H and O–H groups in total. The van der Waals surface area contributed by atoms with Crippen LogP contribution in [-0.4, -0.2) is 28.0 Å². The van der Waals surface area contributed by atoms with Gasteiger partial charge in [0.2, 0.25) is 0 Å². The van der Waals surface area contributed by atoms with Gasteiger partial charge >= 0.3 is 5.97 Å². The van der Waals surface area contributed by atoms with Crippen molar-refractivity contribution < 1.29 is 9.53 Å². The molecule has 7 nitrogen and oxygen atoms in total. The highest BCUT2D eigenvalue weighted by atomic mass is 16.5. The lowest BCUT2D eigenvalue weighted by Crippen LogP contribution is -2.03. The van der Waals surface area contributed by atoms with E-state index in [0.29, 0.717) is 23.7 Å². The zero-order chi connectivity index (χ0) is 17.5. The first-order valence-corrected chi connectivity index (χ1v) is 7.65. The number of esters is 1. The first kappa shape index (κ1) is 16.4. The van der Waals surface area contributed by atoms with Crippen LogP contribution < -0.4 is 10.6 Å². The number of pyridine rings is 1. The molecule has 25 heavy (non-hydrogen) atoms. The Bertz CT molecular complexity index is 838. The van der Waals surface area contributed by atoms with E-state index in [9.17, 15) is 4.79 Å². The van der Waals surface area contributed by atoms with Crippen molar-refractivity contribution in [3.8, 4) is 0 Å². The third kappa shape index (κ3) is 4.51. The fourth-order valence-electron chi connectivity index (χ4n) is 2.17. The molecule has 3 rings (SSSR count). The quantitative estimate of drug-likeness (QED) is 0.669. The number of ether oxygens (including phenoxy) is 1. The second kappa shape index (κ2) is 7.87. The van der Waals surface area contributed by atoms with Gasteiger partial charge in [0.1, 0.15) is 18.0 Å². The normalized spacial score (nSPS) is 10.1. The van der Waals surface area contributed by atoms with Crippen LogP contribution in [0.5, 0.6) is 0 Å². The van der Waals surface area contributed by atoms with Gasteiger partial charge in [-0.05, 0) is 35.9 Å². The molecule has 0 aliphatic rings. The number of hydrogen-bond acceptors (Lipinski definition) is 7. The van der Waals surface area contributed by atoms with Crippen LogP contribution in [0.4, 0.5) is 17.3 Å². The second-order valence-electron chi connectivity index (χ2n) is 5.20. The number of rotatable bonds is 6. The van der Waals surface area contributed by atoms with Gasteiger partial charge < -0.3 is 15.4 Å². The summed E-state index contributed by atoms with van der Waals surface area (Å²) in [6, 6.07) is 12.7. The molecule has 0 aliphatic carbocycles. The van der Waals surface area contributed by atoms with Gasteiger partial charge in [-0.2, -0.15) is 0 Å². The molecule has 7 heteroatoms. The van der Waals surface area contributed by atoms with E-state index in [4.69, 9.17) is 0 Å². The lowest BCUT2D eigenvalue weighted by molar-refractivity contribution is 0.0601. The summed E-state index contributed by atoms with van der Waals surface area (Å²) < 4.78 is 4.68. The fourth-order valence-corrected chi connectivity index (χ4v) is 2.17. The van der Waals surface area contributed by atoms with Crippen molar-refractivity contribution >= 4 is 23.3 Å². The Balaban J connectivity index is 1.64. The van der Waals surface area contributed by atoms with Crippen LogP contribution in [0.25, 0.3) is 0 Å². The Hall–Kier alpha value is -3.48. The van der Waals surface area contributed by atoms with Crippen LogP contribution in [0.2, 0.25) is 0 Å². The Labute approximate surface area is 145 Å². The van der Waals surface area contributed by atoms with Crippen LogP contribution in [0.15, 0.2) is 61.2 Å². The molecule has 0 radical (unpaired) electrons. The summed E-state index contributed by atoms with van der Waals surface area (Å²) >= 11 is 0. The minimum atomic E-state index is -0.365. The number of benzene rings is 1. The smallest absolute Gasteiger partial charge is 0.337 e. The molecule has 0 saturated heterocycles. The van der Waals surface area contributed by atoms with E-state index in [2.05, 4.69) is 30.3 Å².